The van der Waals surface area contributed by atoms with Crippen LogP contribution in [0.15, 0.2) is 54.9 Å². The van der Waals surface area contributed by atoms with Crippen LogP contribution in [0.2, 0.25) is 0 Å². The van der Waals surface area contributed by atoms with Gasteiger partial charge in [-0.05, 0) is 62.7 Å². The minimum atomic E-state index is -0.447. The Bertz CT molecular complexity index is 773. The summed E-state index contributed by atoms with van der Waals surface area (Å²) in [6.45, 7) is 3.15. The number of rotatable bonds is 5. The van der Waals surface area contributed by atoms with Crippen LogP contribution in [0.3, 0.4) is 0 Å². The van der Waals surface area contributed by atoms with Gasteiger partial charge in [0.25, 0.3) is 0 Å². The highest BCUT2D eigenvalue weighted by molar-refractivity contribution is 5.88. The Kier molecular flexibility index (Phi) is 5.74. The number of aromatic nitrogens is 1. The van der Waals surface area contributed by atoms with Crippen LogP contribution in [0.4, 0.5) is 0 Å². The van der Waals surface area contributed by atoms with Crippen molar-refractivity contribution in [2.45, 2.75) is 30.7 Å². The number of hydrogen-bond donors (Lipinski definition) is 1. The summed E-state index contributed by atoms with van der Waals surface area (Å²) in [4.78, 5) is 20.0. The van der Waals surface area contributed by atoms with Crippen LogP contribution in [0.1, 0.15) is 24.0 Å². The van der Waals surface area contributed by atoms with E-state index in [1.807, 2.05) is 42.7 Å². The summed E-state index contributed by atoms with van der Waals surface area (Å²) in [5, 5.41) is 3.37. The van der Waals surface area contributed by atoms with Crippen molar-refractivity contribution in [3.05, 3.63) is 66.0 Å². The Morgan fingerprint density at radius 1 is 1.14 bits per heavy atom. The summed E-state index contributed by atoms with van der Waals surface area (Å²) in [5.41, 5.74) is 1.92. The highest BCUT2D eigenvalue weighted by atomic mass is 16.5. The summed E-state index contributed by atoms with van der Waals surface area (Å²) in [6, 6.07) is 14.4. The number of hydrogen-bond acceptors (Lipinski definition) is 4. The normalized spacial score (nSPS) is 24.8. The second-order valence-corrected chi connectivity index (χ2v) is 8.19. The van der Waals surface area contributed by atoms with Crippen molar-refractivity contribution in [1.29, 1.82) is 0 Å². The van der Waals surface area contributed by atoms with Gasteiger partial charge >= 0.3 is 0 Å². The van der Waals surface area contributed by atoms with E-state index in [9.17, 15) is 4.79 Å². The topological polar surface area (TPSA) is 54.5 Å². The van der Waals surface area contributed by atoms with Crippen LogP contribution in [0.25, 0.3) is 0 Å². The molecule has 4 rings (SSSR count). The van der Waals surface area contributed by atoms with Gasteiger partial charge in [0.05, 0.1) is 24.7 Å². The number of ether oxygens (including phenoxy) is 1. The zero-order valence-electron chi connectivity index (χ0n) is 16.5. The Balaban J connectivity index is 1.51. The maximum absolute atomic E-state index is 13.6. The van der Waals surface area contributed by atoms with Crippen LogP contribution < -0.4 is 5.32 Å². The lowest BCUT2D eigenvalue weighted by Gasteiger charge is -2.40. The first-order chi connectivity index (χ1) is 13.7. The van der Waals surface area contributed by atoms with Gasteiger partial charge in [-0.25, -0.2) is 0 Å². The number of likely N-dealkylation sites (tertiary alicyclic amines) is 1. The van der Waals surface area contributed by atoms with Gasteiger partial charge in [0.1, 0.15) is 0 Å². The molecule has 28 heavy (non-hydrogen) atoms. The van der Waals surface area contributed by atoms with Crippen LogP contribution in [0.5, 0.6) is 0 Å². The zero-order valence-corrected chi connectivity index (χ0v) is 16.5. The number of nitrogens with one attached hydrogen (secondary N) is 1. The first-order valence-corrected chi connectivity index (χ1v) is 10.2. The monoisotopic (exact) mass is 379 g/mol. The van der Waals surface area contributed by atoms with Gasteiger partial charge in [0.2, 0.25) is 5.91 Å². The number of nitrogens with zero attached hydrogens (tertiary/aromatic N) is 2. The molecule has 1 N–H and O–H groups in total. The number of benzene rings is 1. The second kappa shape index (κ2) is 8.41. The molecule has 1 amide bonds. The van der Waals surface area contributed by atoms with Crippen molar-refractivity contribution >= 4 is 5.91 Å². The molecule has 3 heterocycles. The fourth-order valence-corrected chi connectivity index (χ4v) is 4.49. The number of amides is 1. The Morgan fingerprint density at radius 3 is 2.57 bits per heavy atom. The van der Waals surface area contributed by atoms with E-state index >= 15 is 0 Å². The van der Waals surface area contributed by atoms with Gasteiger partial charge in [-0.3, -0.25) is 9.78 Å². The van der Waals surface area contributed by atoms with E-state index in [2.05, 4.69) is 34.4 Å². The highest BCUT2D eigenvalue weighted by Gasteiger charge is 2.44. The third-order valence-electron chi connectivity index (χ3n) is 6.36. The third-order valence-corrected chi connectivity index (χ3v) is 6.36. The van der Waals surface area contributed by atoms with E-state index in [0.29, 0.717) is 19.1 Å². The number of carbonyl (C=O) groups is 1. The molecule has 2 saturated heterocycles. The predicted molar refractivity (Wildman–Crippen MR) is 109 cm³/mol. The molecule has 0 radical (unpaired) electrons. The third kappa shape index (κ3) is 3.96. The zero-order chi connectivity index (χ0) is 19.4. The standard InChI is InChI=1S/C23H29N3O2/c1-26-13-9-23(10-14-26,20-5-3-2-4-6-20)22(27)25-21-17-28-16-19(21)15-18-7-11-24-12-8-18/h2-8,11-12,19,21H,9-10,13-17H2,1H3,(H,25,27)/t19-,21-/m1/s1. The molecule has 0 aliphatic carbocycles. The molecule has 0 saturated carbocycles. The molecule has 0 spiro atoms. The smallest absolute Gasteiger partial charge is 0.231 e. The molecule has 1 aromatic heterocycles. The van der Waals surface area contributed by atoms with E-state index < -0.39 is 5.41 Å². The average molecular weight is 380 g/mol. The van der Waals surface area contributed by atoms with Gasteiger partial charge in [0, 0.05) is 18.3 Å². The van der Waals surface area contributed by atoms with Crippen molar-refractivity contribution in [2.75, 3.05) is 33.4 Å². The molecule has 2 aliphatic heterocycles. The van der Waals surface area contributed by atoms with Crippen LogP contribution in [-0.4, -0.2) is 55.2 Å². The van der Waals surface area contributed by atoms with E-state index in [0.717, 1.165) is 37.9 Å². The van der Waals surface area contributed by atoms with Crippen molar-refractivity contribution < 1.29 is 9.53 Å². The molecule has 5 heteroatoms. The van der Waals surface area contributed by atoms with Crippen molar-refractivity contribution in [3.63, 3.8) is 0 Å². The van der Waals surface area contributed by atoms with Crippen molar-refractivity contribution in [1.82, 2.24) is 15.2 Å². The Labute approximate surface area is 167 Å². The molecule has 2 aliphatic rings. The molecule has 1 aromatic carbocycles. The van der Waals surface area contributed by atoms with Gasteiger partial charge in [-0.1, -0.05) is 30.3 Å². The molecule has 2 aromatic rings. The molecule has 5 nitrogen and oxygen atoms in total. The van der Waals surface area contributed by atoms with Crippen molar-refractivity contribution in [3.8, 4) is 0 Å². The summed E-state index contributed by atoms with van der Waals surface area (Å²) in [7, 11) is 2.13. The van der Waals surface area contributed by atoms with E-state index in [1.165, 1.54) is 5.56 Å². The van der Waals surface area contributed by atoms with Crippen LogP contribution >= 0.6 is 0 Å². The first-order valence-electron chi connectivity index (χ1n) is 10.2. The largest absolute Gasteiger partial charge is 0.379 e. The number of carbonyl (C=O) groups excluding carboxylic acids is 1. The fraction of sp³-hybridized carbons (Fsp3) is 0.478. The molecular formula is C23H29N3O2. The molecule has 148 valence electrons. The van der Waals surface area contributed by atoms with E-state index in [4.69, 9.17) is 4.74 Å². The Hall–Kier alpha value is -2.24. The van der Waals surface area contributed by atoms with Gasteiger partial charge in [0.15, 0.2) is 0 Å². The first kappa shape index (κ1) is 19.1. The highest BCUT2D eigenvalue weighted by Crippen LogP contribution is 2.36. The minimum Gasteiger partial charge on any atom is -0.379 e. The van der Waals surface area contributed by atoms with Crippen molar-refractivity contribution in [2.24, 2.45) is 5.92 Å². The van der Waals surface area contributed by atoms with E-state index in [-0.39, 0.29) is 11.9 Å². The number of piperidine rings is 1. The lowest BCUT2D eigenvalue weighted by Crippen LogP contribution is -2.54. The fourth-order valence-electron chi connectivity index (χ4n) is 4.49. The molecular weight excluding hydrogens is 350 g/mol. The number of pyridine rings is 1. The molecule has 2 fully saturated rings. The summed E-state index contributed by atoms with van der Waals surface area (Å²) < 4.78 is 5.75. The minimum absolute atomic E-state index is 0.0564. The van der Waals surface area contributed by atoms with Crippen LogP contribution in [-0.2, 0) is 21.4 Å². The summed E-state index contributed by atoms with van der Waals surface area (Å²) >= 11 is 0. The van der Waals surface area contributed by atoms with Gasteiger partial charge < -0.3 is 15.0 Å². The lowest BCUT2D eigenvalue weighted by atomic mass is 9.71. The Morgan fingerprint density at radius 2 is 1.86 bits per heavy atom. The molecule has 0 bridgehead atoms. The van der Waals surface area contributed by atoms with Gasteiger partial charge in [-0.2, -0.15) is 0 Å². The molecule has 0 unspecified atom stereocenters. The second-order valence-electron chi connectivity index (χ2n) is 8.19. The maximum Gasteiger partial charge on any atom is 0.231 e. The molecule has 2 atom stereocenters. The maximum atomic E-state index is 13.6. The predicted octanol–water partition coefficient (Wildman–Crippen LogP) is 2.42. The quantitative estimate of drug-likeness (QED) is 0.867. The summed E-state index contributed by atoms with van der Waals surface area (Å²) in [6.07, 6.45) is 6.24. The van der Waals surface area contributed by atoms with E-state index in [1.54, 1.807) is 0 Å². The van der Waals surface area contributed by atoms with Gasteiger partial charge in [-0.15, -0.1) is 0 Å². The van der Waals surface area contributed by atoms with Crippen LogP contribution in [0, 0.1) is 5.92 Å². The SMILES string of the molecule is CN1CCC(C(=O)N[C@@H]2COC[C@H]2Cc2ccncc2)(c2ccccc2)CC1. The lowest BCUT2D eigenvalue weighted by molar-refractivity contribution is -0.129. The average Bonchev–Trinajstić information content (AvgIpc) is 3.16. The summed E-state index contributed by atoms with van der Waals surface area (Å²) in [5.74, 6) is 0.451.